The Morgan fingerprint density at radius 2 is 1.70 bits per heavy atom. The highest BCUT2D eigenvalue weighted by molar-refractivity contribution is 7.90. The smallest absolute Gasteiger partial charge is 0.137 e. The molecule has 162 valence electrons. The maximum absolute atomic E-state index is 13.6. The molecule has 0 saturated heterocycles. The second-order valence-corrected chi connectivity index (χ2v) is 10.8. The summed E-state index contributed by atoms with van der Waals surface area (Å²) in [4.78, 5) is 0. The third-order valence-electron chi connectivity index (χ3n) is 5.08. The van der Waals surface area contributed by atoms with Crippen molar-refractivity contribution < 1.29 is 14.0 Å². The van der Waals surface area contributed by atoms with Gasteiger partial charge in [-0.25, -0.2) is 0 Å². The molecular weight excluding hydrogens is 394 g/mol. The van der Waals surface area contributed by atoms with Gasteiger partial charge in [0.2, 0.25) is 0 Å². The predicted molar refractivity (Wildman–Crippen MR) is 123 cm³/mol. The topological polar surface area (TPSA) is 44.8 Å². The normalized spacial score (nSPS) is 18.8. The van der Waals surface area contributed by atoms with E-state index < -0.39 is 11.4 Å². The third kappa shape index (κ3) is 6.61. The van der Waals surface area contributed by atoms with Crippen LogP contribution in [0.3, 0.4) is 0 Å². The van der Waals surface area contributed by atoms with Crippen LogP contribution < -0.4 is 0 Å². The summed E-state index contributed by atoms with van der Waals surface area (Å²) in [7, 11) is 0. The summed E-state index contributed by atoms with van der Waals surface area (Å²) in [6, 6.07) is 20.2. The Balaban J connectivity index is 1.81. The van der Waals surface area contributed by atoms with E-state index in [-0.39, 0.29) is 16.9 Å². The molecule has 4 nitrogen and oxygen atoms in total. The zero-order chi connectivity index (χ0) is 21.4. The molecule has 0 bridgehead atoms. The molecule has 5 heteroatoms. The van der Waals surface area contributed by atoms with E-state index in [0.717, 1.165) is 24.0 Å². The molecule has 0 amide bonds. The van der Waals surface area contributed by atoms with Crippen LogP contribution in [-0.2, 0) is 34.0 Å². The van der Waals surface area contributed by atoms with Gasteiger partial charge in [-0.3, -0.25) is 0 Å². The third-order valence-corrected chi connectivity index (χ3v) is 6.96. The lowest BCUT2D eigenvalue weighted by molar-refractivity contribution is -0.00431. The molecule has 0 saturated carbocycles. The summed E-state index contributed by atoms with van der Waals surface area (Å²) in [5, 5.41) is 0. The minimum atomic E-state index is -1.21. The van der Waals surface area contributed by atoms with E-state index in [2.05, 4.69) is 28.6 Å². The van der Waals surface area contributed by atoms with Gasteiger partial charge in [-0.2, -0.15) is 0 Å². The quantitative estimate of drug-likeness (QED) is 0.514. The first-order chi connectivity index (χ1) is 14.4. The van der Waals surface area contributed by atoms with Gasteiger partial charge in [0.25, 0.3) is 0 Å². The monoisotopic (exact) mass is 427 g/mol. The number of hydrogen-bond acceptors (Lipinski definition) is 4. The van der Waals surface area contributed by atoms with Gasteiger partial charge in [0.15, 0.2) is 0 Å². The fourth-order valence-corrected chi connectivity index (χ4v) is 4.91. The molecule has 3 atom stereocenters. The van der Waals surface area contributed by atoms with Crippen molar-refractivity contribution in [3.63, 3.8) is 0 Å². The Kier molecular flexibility index (Phi) is 8.40. The lowest BCUT2D eigenvalue weighted by atomic mass is 10.0. The predicted octanol–water partition coefficient (Wildman–Crippen LogP) is 5.23. The molecule has 1 heterocycles. The SMILES string of the molecule is CC(C)(C)[S@@+]([O-])N(Cc1ccccc1)[C@@H](COCc1ccccc1)[C@@H]1CCC=CO1. The van der Waals surface area contributed by atoms with E-state index in [9.17, 15) is 4.55 Å². The number of rotatable bonds is 9. The minimum Gasteiger partial charge on any atom is -0.597 e. The second-order valence-electron chi connectivity index (χ2n) is 8.61. The molecule has 0 spiro atoms. The van der Waals surface area contributed by atoms with Gasteiger partial charge in [-0.05, 0) is 50.8 Å². The Morgan fingerprint density at radius 1 is 1.07 bits per heavy atom. The molecule has 3 rings (SSSR count). The second kappa shape index (κ2) is 11.0. The van der Waals surface area contributed by atoms with E-state index in [0.29, 0.717) is 19.8 Å². The number of hydrogen-bond donors (Lipinski definition) is 0. The van der Waals surface area contributed by atoms with Gasteiger partial charge >= 0.3 is 0 Å². The Bertz CT molecular complexity index is 776. The van der Waals surface area contributed by atoms with Crippen molar-refractivity contribution >= 4 is 11.4 Å². The van der Waals surface area contributed by atoms with Crippen molar-refractivity contribution in [3.8, 4) is 0 Å². The van der Waals surface area contributed by atoms with Crippen LogP contribution in [0.25, 0.3) is 0 Å². The molecule has 2 aromatic carbocycles. The van der Waals surface area contributed by atoms with Gasteiger partial charge in [0, 0.05) is 11.4 Å². The zero-order valence-electron chi connectivity index (χ0n) is 18.2. The van der Waals surface area contributed by atoms with Gasteiger partial charge in [-0.15, -0.1) is 4.31 Å². The van der Waals surface area contributed by atoms with Crippen LogP contribution in [0.15, 0.2) is 73.0 Å². The maximum atomic E-state index is 13.6. The van der Waals surface area contributed by atoms with Crippen LogP contribution >= 0.6 is 0 Å². The first kappa shape index (κ1) is 22.9. The Labute approximate surface area is 184 Å². The van der Waals surface area contributed by atoms with E-state index in [1.165, 1.54) is 0 Å². The Morgan fingerprint density at radius 3 is 2.27 bits per heavy atom. The first-order valence-corrected chi connectivity index (χ1v) is 11.7. The van der Waals surface area contributed by atoms with Crippen molar-refractivity contribution in [2.45, 2.75) is 63.7 Å². The van der Waals surface area contributed by atoms with Crippen LogP contribution in [0.4, 0.5) is 0 Å². The lowest BCUT2D eigenvalue weighted by Gasteiger charge is -2.40. The summed E-state index contributed by atoms with van der Waals surface area (Å²) >= 11 is -1.21. The average molecular weight is 428 g/mol. The van der Waals surface area contributed by atoms with Crippen LogP contribution in [0.1, 0.15) is 44.7 Å². The summed E-state index contributed by atoms with van der Waals surface area (Å²) < 4.78 is 27.4. The summed E-state index contributed by atoms with van der Waals surface area (Å²) in [6.07, 6.45) is 5.62. The van der Waals surface area contributed by atoms with E-state index in [1.807, 2.05) is 63.2 Å². The standard InChI is InChI=1S/C25H33NO3S/c1-25(2,3)30(27)26(18-21-12-6-4-7-13-21)23(24-16-10-11-17-29-24)20-28-19-22-14-8-5-9-15-22/h4-9,11-15,17,23-24H,10,16,18-20H2,1-3H3/t23-,24-,30+/m0/s1. The van der Waals surface area contributed by atoms with Gasteiger partial charge < -0.3 is 14.0 Å². The van der Waals surface area contributed by atoms with Gasteiger partial charge in [0.05, 0.1) is 26.0 Å². The molecule has 2 aromatic rings. The number of benzene rings is 2. The van der Waals surface area contributed by atoms with Crippen LogP contribution in [-0.4, -0.2) is 32.4 Å². The van der Waals surface area contributed by atoms with Gasteiger partial charge in [0.1, 0.15) is 16.9 Å². The number of allylic oxidation sites excluding steroid dienone is 1. The highest BCUT2D eigenvalue weighted by Gasteiger charge is 2.42. The number of ether oxygens (including phenoxy) is 2. The lowest BCUT2D eigenvalue weighted by Crippen LogP contribution is -2.54. The van der Waals surface area contributed by atoms with Gasteiger partial charge in [-0.1, -0.05) is 60.7 Å². The summed E-state index contributed by atoms with van der Waals surface area (Å²) in [5.74, 6) is 0. The van der Waals surface area contributed by atoms with Crippen molar-refractivity contribution in [1.82, 2.24) is 4.31 Å². The molecule has 1 aliphatic rings. The maximum Gasteiger partial charge on any atom is 0.137 e. The highest BCUT2D eigenvalue weighted by atomic mass is 32.2. The first-order valence-electron chi connectivity index (χ1n) is 10.6. The van der Waals surface area contributed by atoms with E-state index in [1.54, 1.807) is 6.26 Å². The van der Waals surface area contributed by atoms with Crippen LogP contribution in [0.5, 0.6) is 0 Å². The largest absolute Gasteiger partial charge is 0.597 e. The highest BCUT2D eigenvalue weighted by Crippen LogP contribution is 2.29. The van der Waals surface area contributed by atoms with Crippen LogP contribution in [0.2, 0.25) is 0 Å². The van der Waals surface area contributed by atoms with Crippen molar-refractivity contribution in [1.29, 1.82) is 0 Å². The minimum absolute atomic E-state index is 0.0548. The molecule has 0 N–H and O–H groups in total. The van der Waals surface area contributed by atoms with Crippen molar-refractivity contribution in [2.75, 3.05) is 6.61 Å². The Hall–Kier alpha value is -1.79. The summed E-state index contributed by atoms with van der Waals surface area (Å²) in [6.45, 7) is 7.64. The fourth-order valence-electron chi connectivity index (χ4n) is 3.50. The summed E-state index contributed by atoms with van der Waals surface area (Å²) in [5.41, 5.74) is 2.27. The van der Waals surface area contributed by atoms with Crippen molar-refractivity contribution in [2.24, 2.45) is 0 Å². The van der Waals surface area contributed by atoms with E-state index in [4.69, 9.17) is 9.47 Å². The van der Waals surface area contributed by atoms with Crippen molar-refractivity contribution in [3.05, 3.63) is 84.1 Å². The molecule has 0 aromatic heterocycles. The molecule has 1 aliphatic heterocycles. The molecule has 30 heavy (non-hydrogen) atoms. The zero-order valence-corrected chi connectivity index (χ0v) is 19.0. The number of nitrogens with zero attached hydrogens (tertiary/aromatic N) is 1. The fraction of sp³-hybridized carbons (Fsp3) is 0.440. The van der Waals surface area contributed by atoms with Crippen LogP contribution in [0, 0.1) is 0 Å². The van der Waals surface area contributed by atoms with E-state index >= 15 is 0 Å². The average Bonchev–Trinajstić information content (AvgIpc) is 2.76. The molecule has 0 radical (unpaired) electrons. The molecular formula is C25H33NO3S. The molecule has 0 unspecified atom stereocenters. The molecule has 0 fully saturated rings. The molecule has 0 aliphatic carbocycles.